The van der Waals surface area contributed by atoms with Crippen LogP contribution in [0.2, 0.25) is 0 Å². The lowest BCUT2D eigenvalue weighted by molar-refractivity contribution is -0.121. The van der Waals surface area contributed by atoms with Crippen LogP contribution in [0.4, 0.5) is 0 Å². The smallest absolute Gasteiger partial charge is 0.140 e. The minimum Gasteiger partial charge on any atom is -0.306 e. The monoisotopic (exact) mass is 405 g/mol. The van der Waals surface area contributed by atoms with Crippen molar-refractivity contribution in [2.75, 3.05) is 20.1 Å². The lowest BCUT2D eigenvalue weighted by Crippen LogP contribution is -2.38. The Morgan fingerprint density at radius 3 is 2.14 bits per heavy atom. The Kier molecular flexibility index (Phi) is 9.02. The summed E-state index contributed by atoms with van der Waals surface area (Å²) < 4.78 is 0. The van der Waals surface area contributed by atoms with Crippen LogP contribution in [0.1, 0.15) is 76.3 Å². The van der Waals surface area contributed by atoms with Crippen molar-refractivity contribution >= 4 is 18.2 Å². The topological polar surface area (TPSA) is 20.3 Å². The molecular formula is C25H40ClNO. The van der Waals surface area contributed by atoms with Crippen molar-refractivity contribution in [3.05, 3.63) is 35.4 Å². The zero-order valence-corrected chi connectivity index (χ0v) is 19.1. The van der Waals surface area contributed by atoms with Gasteiger partial charge in [-0.05, 0) is 74.0 Å². The van der Waals surface area contributed by atoms with E-state index in [-0.39, 0.29) is 18.3 Å². The van der Waals surface area contributed by atoms with Gasteiger partial charge in [-0.1, -0.05) is 51.5 Å². The summed E-state index contributed by atoms with van der Waals surface area (Å²) in [7, 11) is 2.28. The van der Waals surface area contributed by atoms with E-state index < -0.39 is 0 Å². The second kappa shape index (κ2) is 10.8. The maximum absolute atomic E-state index is 13.0. The summed E-state index contributed by atoms with van der Waals surface area (Å²) in [6, 6.07) is 8.80. The first-order valence-electron chi connectivity index (χ1n) is 11.2. The van der Waals surface area contributed by atoms with Crippen LogP contribution in [-0.4, -0.2) is 30.8 Å². The predicted octanol–water partition coefficient (Wildman–Crippen LogP) is 6.13. The number of carbonyl (C=O) groups excluding carboxylic acids is 1. The third-order valence-electron chi connectivity index (χ3n) is 6.79. The standard InChI is InChI=1S/C25H39NO.ClH/c1-18(2)12-20-8-10-24(11-9-20)19(3)25(27)15-23-13-21-6-5-7-22(14-23)17-26(4)16-21;/h8-11,18-19,21-23H,5-7,12-17H2,1-4H3;1H/t19-,21?,22?,23?;/m1./s1. The van der Waals surface area contributed by atoms with Gasteiger partial charge in [0.15, 0.2) is 0 Å². The molecule has 2 nitrogen and oxygen atoms in total. The molecule has 0 aromatic heterocycles. The molecule has 2 aliphatic heterocycles. The molecule has 3 aliphatic rings. The summed E-state index contributed by atoms with van der Waals surface area (Å²) in [6.45, 7) is 9.07. The van der Waals surface area contributed by atoms with Crippen molar-refractivity contribution in [2.24, 2.45) is 23.7 Å². The number of ketones is 1. The van der Waals surface area contributed by atoms with E-state index >= 15 is 0 Å². The maximum Gasteiger partial charge on any atom is 0.140 e. The fourth-order valence-corrected chi connectivity index (χ4v) is 5.49. The van der Waals surface area contributed by atoms with Crippen molar-refractivity contribution in [1.82, 2.24) is 4.90 Å². The molecule has 3 fully saturated rings. The molecule has 28 heavy (non-hydrogen) atoms. The van der Waals surface area contributed by atoms with E-state index in [2.05, 4.69) is 57.0 Å². The number of halogens is 1. The van der Waals surface area contributed by atoms with Gasteiger partial charge in [0.1, 0.15) is 5.78 Å². The molecule has 1 aliphatic carbocycles. The first-order valence-corrected chi connectivity index (χ1v) is 11.2. The molecule has 2 heterocycles. The Hall–Kier alpha value is -0.860. The van der Waals surface area contributed by atoms with Gasteiger partial charge in [-0.15, -0.1) is 12.4 Å². The number of nitrogens with zero attached hydrogens (tertiary/aromatic N) is 1. The minimum atomic E-state index is 0. The summed E-state index contributed by atoms with van der Waals surface area (Å²) in [5.74, 6) is 3.34. The summed E-state index contributed by atoms with van der Waals surface area (Å²) in [5, 5.41) is 0. The van der Waals surface area contributed by atoms with Crippen molar-refractivity contribution in [2.45, 2.75) is 71.6 Å². The first kappa shape index (κ1) is 23.4. The quantitative estimate of drug-likeness (QED) is 0.567. The molecule has 0 amide bonds. The molecule has 0 radical (unpaired) electrons. The zero-order chi connectivity index (χ0) is 19.4. The van der Waals surface area contributed by atoms with E-state index in [1.54, 1.807) is 0 Å². The van der Waals surface area contributed by atoms with Gasteiger partial charge in [0.25, 0.3) is 0 Å². The van der Waals surface area contributed by atoms with Crippen molar-refractivity contribution in [3.8, 4) is 0 Å². The van der Waals surface area contributed by atoms with Gasteiger partial charge >= 0.3 is 0 Å². The molecule has 3 atom stereocenters. The Labute approximate surface area is 178 Å². The van der Waals surface area contributed by atoms with Crippen LogP contribution in [0.3, 0.4) is 0 Å². The second-order valence-electron chi connectivity index (χ2n) is 9.95. The van der Waals surface area contributed by atoms with Crippen molar-refractivity contribution in [3.63, 3.8) is 0 Å². The highest BCUT2D eigenvalue weighted by Crippen LogP contribution is 2.36. The van der Waals surface area contributed by atoms with Crippen LogP contribution in [0.15, 0.2) is 24.3 Å². The van der Waals surface area contributed by atoms with E-state index in [4.69, 9.17) is 0 Å². The molecule has 3 heteroatoms. The molecule has 1 saturated carbocycles. The van der Waals surface area contributed by atoms with Gasteiger partial charge in [-0.3, -0.25) is 4.79 Å². The molecule has 2 unspecified atom stereocenters. The van der Waals surface area contributed by atoms with Gasteiger partial charge in [-0.25, -0.2) is 0 Å². The van der Waals surface area contributed by atoms with Gasteiger partial charge in [0.05, 0.1) is 0 Å². The average molecular weight is 406 g/mol. The highest BCUT2D eigenvalue weighted by atomic mass is 35.5. The molecule has 0 N–H and O–H groups in total. The summed E-state index contributed by atoms with van der Waals surface area (Å²) in [4.78, 5) is 15.6. The highest BCUT2D eigenvalue weighted by Gasteiger charge is 2.31. The number of fused-ring (bicyclic) bond motifs is 6. The third kappa shape index (κ3) is 6.59. The number of benzene rings is 1. The average Bonchev–Trinajstić information content (AvgIpc) is 2.56. The van der Waals surface area contributed by atoms with E-state index in [0.717, 1.165) is 24.7 Å². The lowest BCUT2D eigenvalue weighted by atomic mass is 9.74. The maximum atomic E-state index is 13.0. The number of hydrogen-bond acceptors (Lipinski definition) is 2. The number of carbonyl (C=O) groups is 1. The van der Waals surface area contributed by atoms with Crippen molar-refractivity contribution in [1.29, 1.82) is 0 Å². The Balaban J connectivity index is 0.00000280. The van der Waals surface area contributed by atoms with E-state index in [9.17, 15) is 4.79 Å². The first-order chi connectivity index (χ1) is 12.9. The Morgan fingerprint density at radius 2 is 1.61 bits per heavy atom. The fourth-order valence-electron chi connectivity index (χ4n) is 5.49. The fraction of sp³-hybridized carbons (Fsp3) is 0.720. The lowest BCUT2D eigenvalue weighted by Gasteiger charge is -2.38. The molecule has 1 aromatic rings. The van der Waals surface area contributed by atoms with Crippen LogP contribution >= 0.6 is 12.4 Å². The number of rotatable bonds is 6. The second-order valence-corrected chi connectivity index (χ2v) is 9.95. The molecule has 2 bridgehead atoms. The Morgan fingerprint density at radius 1 is 1.04 bits per heavy atom. The van der Waals surface area contributed by atoms with Crippen LogP contribution in [0, 0.1) is 23.7 Å². The third-order valence-corrected chi connectivity index (χ3v) is 6.79. The minimum absolute atomic E-state index is 0. The summed E-state index contributed by atoms with van der Waals surface area (Å²) in [5.41, 5.74) is 2.57. The molecule has 0 spiro atoms. The van der Waals surface area contributed by atoms with E-state index in [0.29, 0.717) is 17.6 Å². The predicted molar refractivity (Wildman–Crippen MR) is 121 cm³/mol. The normalized spacial score (nSPS) is 26.8. The van der Waals surface area contributed by atoms with Crippen LogP contribution < -0.4 is 0 Å². The Bertz CT molecular complexity index is 595. The van der Waals surface area contributed by atoms with Gasteiger partial charge in [-0.2, -0.15) is 0 Å². The summed E-state index contributed by atoms with van der Waals surface area (Å²) in [6.07, 6.45) is 8.52. The van der Waals surface area contributed by atoms with Gasteiger partial charge < -0.3 is 4.90 Å². The number of Topliss-reactive ketones (excluding diaryl/α,β-unsaturated/α-hetero) is 1. The number of hydrogen-bond donors (Lipinski definition) is 0. The molecule has 1 aromatic carbocycles. The van der Waals surface area contributed by atoms with E-state index in [1.807, 2.05) is 0 Å². The summed E-state index contributed by atoms with van der Waals surface area (Å²) >= 11 is 0. The largest absolute Gasteiger partial charge is 0.306 e. The zero-order valence-electron chi connectivity index (χ0n) is 18.3. The van der Waals surface area contributed by atoms with E-state index in [1.165, 1.54) is 56.3 Å². The van der Waals surface area contributed by atoms with Gasteiger partial charge in [0.2, 0.25) is 0 Å². The van der Waals surface area contributed by atoms with Crippen LogP contribution in [-0.2, 0) is 11.2 Å². The van der Waals surface area contributed by atoms with Crippen LogP contribution in [0.25, 0.3) is 0 Å². The molecule has 158 valence electrons. The molecular weight excluding hydrogens is 366 g/mol. The van der Waals surface area contributed by atoms with Crippen molar-refractivity contribution < 1.29 is 4.79 Å². The van der Waals surface area contributed by atoms with Crippen LogP contribution in [0.5, 0.6) is 0 Å². The SMILES string of the molecule is CC(C)Cc1ccc([C@@H](C)C(=O)CC2CC3CCCC(C2)CN(C)C3)cc1.Cl. The highest BCUT2D eigenvalue weighted by molar-refractivity contribution is 5.85. The van der Waals surface area contributed by atoms with Gasteiger partial charge in [0, 0.05) is 25.4 Å². The molecule has 2 saturated heterocycles. The molecule has 4 rings (SSSR count).